The van der Waals surface area contributed by atoms with E-state index in [0.717, 1.165) is 10.8 Å². The third-order valence-corrected chi connectivity index (χ3v) is 4.04. The number of halogens is 2. The molecular formula is C19H13BrFNO3. The Bertz CT molecular complexity index is 953. The minimum Gasteiger partial charge on any atom is -0.452 e. The Morgan fingerprint density at radius 2 is 1.80 bits per heavy atom. The minimum absolute atomic E-state index is 0.0226. The van der Waals surface area contributed by atoms with Crippen molar-refractivity contribution in [3.8, 4) is 0 Å². The normalized spacial score (nSPS) is 10.5. The summed E-state index contributed by atoms with van der Waals surface area (Å²) in [6.07, 6.45) is 0. The van der Waals surface area contributed by atoms with Crippen molar-refractivity contribution in [1.29, 1.82) is 0 Å². The third kappa shape index (κ3) is 4.03. The third-order valence-electron chi connectivity index (χ3n) is 3.55. The van der Waals surface area contributed by atoms with Crippen LogP contribution in [0.15, 0.2) is 65.1 Å². The average molecular weight is 402 g/mol. The number of anilines is 1. The van der Waals surface area contributed by atoms with Crippen LogP contribution < -0.4 is 5.32 Å². The van der Waals surface area contributed by atoms with Gasteiger partial charge >= 0.3 is 5.97 Å². The van der Waals surface area contributed by atoms with E-state index >= 15 is 0 Å². The summed E-state index contributed by atoms with van der Waals surface area (Å²) in [5.41, 5.74) is 0.398. The van der Waals surface area contributed by atoms with E-state index in [9.17, 15) is 14.0 Å². The van der Waals surface area contributed by atoms with E-state index in [-0.39, 0.29) is 5.69 Å². The predicted molar refractivity (Wildman–Crippen MR) is 97.0 cm³/mol. The Kier molecular flexibility index (Phi) is 5.09. The molecule has 0 aromatic heterocycles. The minimum atomic E-state index is -0.616. The second-order valence-corrected chi connectivity index (χ2v) is 6.19. The first kappa shape index (κ1) is 17.1. The van der Waals surface area contributed by atoms with E-state index in [1.165, 1.54) is 12.1 Å². The fourth-order valence-electron chi connectivity index (χ4n) is 2.39. The SMILES string of the molecule is O=C(COC(=O)c1cccc2ccccc12)Nc1ccc(Br)cc1F. The van der Waals surface area contributed by atoms with Crippen LogP contribution in [0.2, 0.25) is 0 Å². The van der Waals surface area contributed by atoms with Gasteiger partial charge in [0.05, 0.1) is 11.3 Å². The van der Waals surface area contributed by atoms with Gasteiger partial charge < -0.3 is 10.1 Å². The highest BCUT2D eigenvalue weighted by atomic mass is 79.9. The van der Waals surface area contributed by atoms with Crippen LogP contribution in [0, 0.1) is 5.82 Å². The molecule has 0 aliphatic rings. The summed E-state index contributed by atoms with van der Waals surface area (Å²) in [7, 11) is 0. The maximum atomic E-state index is 13.7. The van der Waals surface area contributed by atoms with Crippen molar-refractivity contribution in [1.82, 2.24) is 0 Å². The van der Waals surface area contributed by atoms with Gasteiger partial charge in [-0.15, -0.1) is 0 Å². The molecule has 3 aromatic rings. The molecule has 3 aromatic carbocycles. The molecule has 0 saturated carbocycles. The maximum absolute atomic E-state index is 13.7. The van der Waals surface area contributed by atoms with Crippen molar-refractivity contribution >= 4 is 44.3 Å². The summed E-state index contributed by atoms with van der Waals surface area (Å²) in [4.78, 5) is 24.1. The number of hydrogen-bond donors (Lipinski definition) is 1. The summed E-state index contributed by atoms with van der Waals surface area (Å²) in [6.45, 7) is -0.502. The lowest BCUT2D eigenvalue weighted by Crippen LogP contribution is -2.21. The molecule has 0 aliphatic heterocycles. The monoisotopic (exact) mass is 401 g/mol. The predicted octanol–water partition coefficient (Wildman–Crippen LogP) is 4.54. The molecule has 0 unspecified atom stereocenters. The first-order chi connectivity index (χ1) is 12.0. The quantitative estimate of drug-likeness (QED) is 0.653. The van der Waals surface area contributed by atoms with Gasteiger partial charge in [-0.2, -0.15) is 0 Å². The van der Waals surface area contributed by atoms with Gasteiger partial charge in [0.25, 0.3) is 5.91 Å². The summed E-state index contributed by atoms with van der Waals surface area (Å²) in [5, 5.41) is 4.02. The number of esters is 1. The van der Waals surface area contributed by atoms with Gasteiger partial charge in [0.15, 0.2) is 6.61 Å². The standard InChI is InChI=1S/C19H13BrFNO3/c20-13-8-9-17(16(21)10-13)22-18(23)11-25-19(24)15-7-3-5-12-4-1-2-6-14(12)15/h1-10H,11H2,(H,22,23). The van der Waals surface area contributed by atoms with E-state index in [2.05, 4.69) is 21.2 Å². The lowest BCUT2D eigenvalue weighted by molar-refractivity contribution is -0.119. The fourth-order valence-corrected chi connectivity index (χ4v) is 2.72. The Morgan fingerprint density at radius 3 is 2.60 bits per heavy atom. The molecule has 1 N–H and O–H groups in total. The second kappa shape index (κ2) is 7.44. The number of rotatable bonds is 4. The van der Waals surface area contributed by atoms with Gasteiger partial charge in [0.1, 0.15) is 5.82 Å². The van der Waals surface area contributed by atoms with Crippen LogP contribution in [0.1, 0.15) is 10.4 Å². The number of amides is 1. The number of hydrogen-bond acceptors (Lipinski definition) is 3. The van der Waals surface area contributed by atoms with E-state index in [0.29, 0.717) is 10.0 Å². The Hall–Kier alpha value is -2.73. The Morgan fingerprint density at radius 1 is 1.04 bits per heavy atom. The molecule has 6 heteroatoms. The molecule has 0 atom stereocenters. The molecule has 0 saturated heterocycles. The number of fused-ring (bicyclic) bond motifs is 1. The van der Waals surface area contributed by atoms with Gasteiger partial charge in [0, 0.05) is 4.47 Å². The lowest BCUT2D eigenvalue weighted by Gasteiger charge is -2.09. The summed E-state index contributed by atoms with van der Waals surface area (Å²) < 4.78 is 19.3. The topological polar surface area (TPSA) is 55.4 Å². The number of ether oxygens (including phenoxy) is 1. The van der Waals surface area contributed by atoms with E-state index in [4.69, 9.17) is 4.74 Å². The fraction of sp³-hybridized carbons (Fsp3) is 0.0526. The van der Waals surface area contributed by atoms with Crippen LogP contribution in [-0.4, -0.2) is 18.5 Å². The van der Waals surface area contributed by atoms with Gasteiger partial charge in [-0.05, 0) is 35.0 Å². The zero-order valence-corrected chi connectivity index (χ0v) is 14.5. The zero-order valence-electron chi connectivity index (χ0n) is 13.0. The zero-order chi connectivity index (χ0) is 17.8. The highest BCUT2D eigenvalue weighted by molar-refractivity contribution is 9.10. The van der Waals surface area contributed by atoms with Crippen LogP contribution in [0.5, 0.6) is 0 Å². The molecule has 25 heavy (non-hydrogen) atoms. The van der Waals surface area contributed by atoms with Crippen LogP contribution in [0.3, 0.4) is 0 Å². The number of nitrogens with one attached hydrogen (secondary N) is 1. The average Bonchev–Trinajstić information content (AvgIpc) is 2.61. The van der Waals surface area contributed by atoms with Gasteiger partial charge in [0.2, 0.25) is 0 Å². The van der Waals surface area contributed by atoms with Crippen molar-refractivity contribution in [2.75, 3.05) is 11.9 Å². The molecule has 0 fully saturated rings. The smallest absolute Gasteiger partial charge is 0.339 e. The Balaban J connectivity index is 1.66. The molecule has 0 radical (unpaired) electrons. The number of carbonyl (C=O) groups excluding carboxylic acids is 2. The molecule has 0 aliphatic carbocycles. The summed E-state index contributed by atoms with van der Waals surface area (Å²) >= 11 is 3.14. The van der Waals surface area contributed by atoms with Crippen LogP contribution >= 0.6 is 15.9 Å². The van der Waals surface area contributed by atoms with E-state index in [1.54, 1.807) is 18.2 Å². The van der Waals surface area contributed by atoms with Crippen LogP contribution in [-0.2, 0) is 9.53 Å². The van der Waals surface area contributed by atoms with Gasteiger partial charge in [-0.3, -0.25) is 4.79 Å². The van der Waals surface area contributed by atoms with Crippen LogP contribution in [0.25, 0.3) is 10.8 Å². The highest BCUT2D eigenvalue weighted by Crippen LogP contribution is 2.20. The van der Waals surface area contributed by atoms with E-state index in [1.807, 2.05) is 30.3 Å². The summed E-state index contributed by atoms with van der Waals surface area (Å²) in [5.74, 6) is -1.80. The van der Waals surface area contributed by atoms with Crippen LogP contribution in [0.4, 0.5) is 10.1 Å². The van der Waals surface area contributed by atoms with Crippen molar-refractivity contribution in [3.63, 3.8) is 0 Å². The molecule has 126 valence electrons. The molecule has 0 bridgehead atoms. The lowest BCUT2D eigenvalue weighted by atomic mass is 10.1. The first-order valence-electron chi connectivity index (χ1n) is 7.44. The van der Waals surface area contributed by atoms with Crippen molar-refractivity contribution in [2.24, 2.45) is 0 Å². The molecule has 0 spiro atoms. The molecule has 0 heterocycles. The van der Waals surface area contributed by atoms with Crippen molar-refractivity contribution in [2.45, 2.75) is 0 Å². The number of carbonyl (C=O) groups is 2. The van der Waals surface area contributed by atoms with Gasteiger partial charge in [-0.25, -0.2) is 9.18 Å². The van der Waals surface area contributed by atoms with E-state index < -0.39 is 24.3 Å². The van der Waals surface area contributed by atoms with Crippen molar-refractivity contribution < 1.29 is 18.7 Å². The summed E-state index contributed by atoms with van der Waals surface area (Å²) in [6, 6.07) is 16.9. The van der Waals surface area contributed by atoms with Gasteiger partial charge in [-0.1, -0.05) is 52.3 Å². The second-order valence-electron chi connectivity index (χ2n) is 5.28. The highest BCUT2D eigenvalue weighted by Gasteiger charge is 2.14. The molecule has 4 nitrogen and oxygen atoms in total. The first-order valence-corrected chi connectivity index (χ1v) is 8.23. The van der Waals surface area contributed by atoms with Crippen molar-refractivity contribution in [3.05, 3.63) is 76.5 Å². The Labute approximate surface area is 151 Å². The largest absolute Gasteiger partial charge is 0.452 e. The maximum Gasteiger partial charge on any atom is 0.339 e. The molecular weight excluding hydrogens is 389 g/mol. The molecule has 3 rings (SSSR count). The molecule has 1 amide bonds. The number of benzene rings is 3.